The number of allylic oxidation sites excluding steroid dienone is 2. The standard InChI is InChI=1S/C20H15N3O4S2/c1-13(11-14-5-3-2-4-6-14)12-17-19(25)22(20(28)29-17)21-18(24)15-7-9-16(10-8-15)23(26)27/h2-12H,1H3,(H,21,24)/b13-11+,17-12+. The normalized spacial score (nSPS) is 15.7. The molecule has 1 N–H and O–H groups in total. The van der Waals surface area contributed by atoms with Gasteiger partial charge in [0.15, 0.2) is 4.32 Å². The Bertz CT molecular complexity index is 1050. The molecule has 2 aromatic rings. The van der Waals surface area contributed by atoms with Crippen molar-refractivity contribution in [2.45, 2.75) is 6.92 Å². The molecule has 29 heavy (non-hydrogen) atoms. The molecule has 1 fully saturated rings. The van der Waals surface area contributed by atoms with Crippen molar-refractivity contribution in [2.75, 3.05) is 0 Å². The summed E-state index contributed by atoms with van der Waals surface area (Å²) < 4.78 is 0.198. The number of rotatable bonds is 5. The summed E-state index contributed by atoms with van der Waals surface area (Å²) in [5.41, 5.74) is 4.36. The molecular weight excluding hydrogens is 410 g/mol. The van der Waals surface area contributed by atoms with E-state index in [1.165, 1.54) is 24.3 Å². The highest BCUT2D eigenvalue weighted by atomic mass is 32.2. The number of hydrazine groups is 1. The van der Waals surface area contributed by atoms with Crippen LogP contribution in [0, 0.1) is 10.1 Å². The molecule has 1 aliphatic heterocycles. The van der Waals surface area contributed by atoms with Gasteiger partial charge in [-0.1, -0.05) is 48.2 Å². The Morgan fingerprint density at radius 2 is 1.83 bits per heavy atom. The fourth-order valence-electron chi connectivity index (χ4n) is 2.53. The molecule has 146 valence electrons. The van der Waals surface area contributed by atoms with Gasteiger partial charge in [-0.25, -0.2) is 0 Å². The summed E-state index contributed by atoms with van der Waals surface area (Å²) in [6, 6.07) is 14.7. The first-order valence-electron chi connectivity index (χ1n) is 8.42. The lowest BCUT2D eigenvalue weighted by Crippen LogP contribution is -2.44. The number of nitro groups is 1. The van der Waals surface area contributed by atoms with Crippen LogP contribution >= 0.6 is 24.0 Å². The summed E-state index contributed by atoms with van der Waals surface area (Å²) in [7, 11) is 0. The first kappa shape index (κ1) is 20.4. The number of nitrogens with one attached hydrogen (secondary N) is 1. The molecule has 1 saturated heterocycles. The lowest BCUT2D eigenvalue weighted by atomic mass is 10.1. The van der Waals surface area contributed by atoms with Crippen molar-refractivity contribution in [3.8, 4) is 0 Å². The molecule has 2 amide bonds. The van der Waals surface area contributed by atoms with E-state index < -0.39 is 16.7 Å². The van der Waals surface area contributed by atoms with Crippen LogP contribution in [-0.4, -0.2) is 26.1 Å². The lowest BCUT2D eigenvalue weighted by Gasteiger charge is -2.15. The van der Waals surface area contributed by atoms with E-state index in [0.717, 1.165) is 27.9 Å². The van der Waals surface area contributed by atoms with Gasteiger partial charge in [-0.2, -0.15) is 5.01 Å². The minimum atomic E-state index is -0.589. The highest BCUT2D eigenvalue weighted by Gasteiger charge is 2.33. The van der Waals surface area contributed by atoms with Crippen molar-refractivity contribution >= 4 is 51.9 Å². The number of benzene rings is 2. The topological polar surface area (TPSA) is 92.6 Å². The van der Waals surface area contributed by atoms with Crippen LogP contribution in [0.2, 0.25) is 0 Å². The molecule has 0 unspecified atom stereocenters. The quantitative estimate of drug-likeness (QED) is 0.336. The third-order valence-corrected chi connectivity index (χ3v) is 5.20. The smallest absolute Gasteiger partial charge is 0.267 e. The van der Waals surface area contributed by atoms with Crippen LogP contribution in [0.1, 0.15) is 22.8 Å². The van der Waals surface area contributed by atoms with E-state index in [1.807, 2.05) is 43.3 Å². The third-order valence-electron chi connectivity index (χ3n) is 3.90. The second-order valence-electron chi connectivity index (χ2n) is 6.06. The molecule has 0 aromatic heterocycles. The summed E-state index contributed by atoms with van der Waals surface area (Å²) >= 11 is 6.29. The van der Waals surface area contributed by atoms with Crippen LogP contribution < -0.4 is 5.43 Å². The Morgan fingerprint density at radius 3 is 2.45 bits per heavy atom. The molecule has 3 rings (SSSR count). The predicted molar refractivity (Wildman–Crippen MR) is 116 cm³/mol. The van der Waals surface area contributed by atoms with Gasteiger partial charge in [0.25, 0.3) is 17.5 Å². The van der Waals surface area contributed by atoms with Crippen LogP contribution in [0.3, 0.4) is 0 Å². The molecule has 0 spiro atoms. The van der Waals surface area contributed by atoms with Gasteiger partial charge in [-0.15, -0.1) is 0 Å². The summed E-state index contributed by atoms with van der Waals surface area (Å²) in [5, 5.41) is 11.7. The van der Waals surface area contributed by atoms with Crippen LogP contribution in [0.25, 0.3) is 6.08 Å². The fourth-order valence-corrected chi connectivity index (χ4v) is 3.75. The highest BCUT2D eigenvalue weighted by Crippen LogP contribution is 2.31. The number of nitro benzene ring substituents is 1. The maximum atomic E-state index is 12.6. The van der Waals surface area contributed by atoms with E-state index in [-0.39, 0.29) is 15.6 Å². The van der Waals surface area contributed by atoms with Gasteiger partial charge in [0.1, 0.15) is 0 Å². The van der Waals surface area contributed by atoms with Gasteiger partial charge < -0.3 is 0 Å². The van der Waals surface area contributed by atoms with Gasteiger partial charge in [0, 0.05) is 17.7 Å². The molecule has 0 saturated carbocycles. The van der Waals surface area contributed by atoms with E-state index in [9.17, 15) is 19.7 Å². The van der Waals surface area contributed by atoms with Gasteiger partial charge in [-0.05, 0) is 48.5 Å². The first-order chi connectivity index (χ1) is 13.8. The zero-order chi connectivity index (χ0) is 21.0. The number of amides is 2. The van der Waals surface area contributed by atoms with Gasteiger partial charge in [0.05, 0.1) is 9.83 Å². The zero-order valence-electron chi connectivity index (χ0n) is 15.2. The average Bonchev–Trinajstić information content (AvgIpc) is 2.96. The van der Waals surface area contributed by atoms with Gasteiger partial charge in [-0.3, -0.25) is 25.1 Å². The summed E-state index contributed by atoms with van der Waals surface area (Å²) in [5.74, 6) is -1.02. The van der Waals surface area contributed by atoms with Crippen LogP contribution in [0.5, 0.6) is 0 Å². The number of carbonyl (C=O) groups excluding carboxylic acids is 2. The van der Waals surface area contributed by atoms with Crippen LogP contribution in [0.15, 0.2) is 71.2 Å². The SMILES string of the molecule is CC(=C\c1ccccc1)/C=C1/SC(=S)N(NC(=O)c2ccc([N+](=O)[O-])cc2)C1=O. The van der Waals surface area contributed by atoms with Crippen molar-refractivity contribution in [3.63, 3.8) is 0 Å². The fraction of sp³-hybridized carbons (Fsp3) is 0.0500. The van der Waals surface area contributed by atoms with E-state index in [1.54, 1.807) is 6.08 Å². The molecule has 1 aliphatic rings. The minimum Gasteiger partial charge on any atom is -0.267 e. The number of carbonyl (C=O) groups is 2. The molecule has 1 heterocycles. The van der Waals surface area contributed by atoms with E-state index in [4.69, 9.17) is 12.2 Å². The minimum absolute atomic E-state index is 0.129. The summed E-state index contributed by atoms with van der Waals surface area (Å²) in [4.78, 5) is 35.5. The van der Waals surface area contributed by atoms with Crippen molar-refractivity contribution < 1.29 is 14.5 Å². The molecule has 2 aromatic carbocycles. The number of thioether (sulfide) groups is 1. The Kier molecular flexibility index (Phi) is 6.20. The van der Waals surface area contributed by atoms with Crippen molar-refractivity contribution in [1.29, 1.82) is 0 Å². The first-order valence-corrected chi connectivity index (χ1v) is 9.64. The number of hydrogen-bond acceptors (Lipinski definition) is 6. The van der Waals surface area contributed by atoms with Crippen molar-refractivity contribution in [3.05, 3.63) is 92.4 Å². The molecule has 0 radical (unpaired) electrons. The summed E-state index contributed by atoms with van der Waals surface area (Å²) in [6.07, 6.45) is 3.65. The van der Waals surface area contributed by atoms with E-state index in [2.05, 4.69) is 5.43 Å². The Labute approximate surface area is 176 Å². The van der Waals surface area contributed by atoms with Gasteiger partial charge >= 0.3 is 0 Å². The number of nitrogens with zero attached hydrogens (tertiary/aromatic N) is 2. The highest BCUT2D eigenvalue weighted by molar-refractivity contribution is 8.26. The Morgan fingerprint density at radius 1 is 1.17 bits per heavy atom. The Balaban J connectivity index is 1.72. The lowest BCUT2D eigenvalue weighted by molar-refractivity contribution is -0.384. The van der Waals surface area contributed by atoms with Crippen molar-refractivity contribution in [2.24, 2.45) is 0 Å². The van der Waals surface area contributed by atoms with Crippen LogP contribution in [0.4, 0.5) is 5.69 Å². The number of thiocarbonyl (C=S) groups is 1. The van der Waals surface area contributed by atoms with Crippen molar-refractivity contribution in [1.82, 2.24) is 10.4 Å². The van der Waals surface area contributed by atoms with E-state index in [0.29, 0.717) is 4.91 Å². The molecule has 0 aliphatic carbocycles. The predicted octanol–water partition coefficient (Wildman–Crippen LogP) is 4.09. The molecule has 0 bridgehead atoms. The molecule has 0 atom stereocenters. The second-order valence-corrected chi connectivity index (χ2v) is 7.74. The molecule has 7 nitrogen and oxygen atoms in total. The second kappa shape index (κ2) is 8.80. The largest absolute Gasteiger partial charge is 0.285 e. The Hall–Kier alpha value is -3.30. The maximum absolute atomic E-state index is 12.6. The number of non-ortho nitro benzene ring substituents is 1. The summed E-state index contributed by atoms with van der Waals surface area (Å²) in [6.45, 7) is 1.87. The molecular formula is C20H15N3O4S2. The third kappa shape index (κ3) is 4.95. The van der Waals surface area contributed by atoms with E-state index >= 15 is 0 Å². The van der Waals surface area contributed by atoms with Crippen LogP contribution in [-0.2, 0) is 4.79 Å². The van der Waals surface area contributed by atoms with Gasteiger partial charge in [0.2, 0.25) is 0 Å². The number of hydrogen-bond donors (Lipinski definition) is 1. The maximum Gasteiger partial charge on any atom is 0.285 e. The average molecular weight is 425 g/mol. The molecule has 9 heteroatoms. The monoisotopic (exact) mass is 425 g/mol. The zero-order valence-corrected chi connectivity index (χ0v) is 16.8.